The van der Waals surface area contributed by atoms with Gasteiger partial charge in [-0.1, -0.05) is 0 Å². The van der Waals surface area contributed by atoms with Gasteiger partial charge < -0.3 is 4.42 Å². The van der Waals surface area contributed by atoms with Gasteiger partial charge in [-0.25, -0.2) is 13.8 Å². The maximum absolute atomic E-state index is 13.0. The molecule has 0 saturated carbocycles. The molecule has 2 nitrogen and oxygen atoms in total. The highest BCUT2D eigenvalue weighted by atomic mass is 19.1. The zero-order chi connectivity index (χ0) is 14.1. The van der Waals surface area contributed by atoms with E-state index < -0.39 is 0 Å². The van der Waals surface area contributed by atoms with Crippen molar-refractivity contribution in [2.45, 2.75) is 6.92 Å². The molecular weight excluding hydrogens is 260 g/mol. The van der Waals surface area contributed by atoms with E-state index in [1.165, 1.54) is 24.3 Å². The van der Waals surface area contributed by atoms with Crippen LogP contribution in [0.5, 0.6) is 0 Å². The van der Waals surface area contributed by atoms with Gasteiger partial charge in [0.15, 0.2) is 11.7 Å². The topological polar surface area (TPSA) is 26.0 Å². The maximum atomic E-state index is 13.0. The van der Waals surface area contributed by atoms with E-state index >= 15 is 0 Å². The van der Waals surface area contributed by atoms with Crippen LogP contribution in [-0.2, 0) is 0 Å². The summed E-state index contributed by atoms with van der Waals surface area (Å²) in [6.45, 7) is 1.74. The highest BCUT2D eigenvalue weighted by Gasteiger charge is 2.15. The van der Waals surface area contributed by atoms with Crippen LogP contribution in [0.3, 0.4) is 0 Å². The summed E-state index contributed by atoms with van der Waals surface area (Å²) in [4.78, 5) is 4.33. The standard InChI is InChI=1S/C16H11F2NO/c1-10-19-15(11-2-6-13(17)7-3-11)16(20-10)12-4-8-14(18)9-5-12/h2-9H,1H3. The number of hydrogen-bond donors (Lipinski definition) is 0. The quantitative estimate of drug-likeness (QED) is 0.681. The van der Waals surface area contributed by atoms with Crippen molar-refractivity contribution in [2.75, 3.05) is 0 Å². The molecule has 0 N–H and O–H groups in total. The van der Waals surface area contributed by atoms with Crippen molar-refractivity contribution >= 4 is 0 Å². The smallest absolute Gasteiger partial charge is 0.192 e. The van der Waals surface area contributed by atoms with Crippen LogP contribution in [0.1, 0.15) is 5.89 Å². The van der Waals surface area contributed by atoms with E-state index in [1.807, 2.05) is 0 Å². The van der Waals surface area contributed by atoms with E-state index in [9.17, 15) is 8.78 Å². The number of benzene rings is 2. The molecule has 20 heavy (non-hydrogen) atoms. The van der Waals surface area contributed by atoms with Crippen LogP contribution in [0.15, 0.2) is 52.9 Å². The van der Waals surface area contributed by atoms with Gasteiger partial charge in [-0.15, -0.1) is 0 Å². The second-order valence-corrected chi connectivity index (χ2v) is 4.42. The third-order valence-corrected chi connectivity index (χ3v) is 2.96. The number of aromatic nitrogens is 1. The van der Waals surface area contributed by atoms with Crippen molar-refractivity contribution < 1.29 is 13.2 Å². The van der Waals surface area contributed by atoms with Crippen LogP contribution in [0, 0.1) is 18.6 Å². The maximum Gasteiger partial charge on any atom is 0.192 e. The van der Waals surface area contributed by atoms with Gasteiger partial charge in [0.2, 0.25) is 0 Å². The van der Waals surface area contributed by atoms with Gasteiger partial charge in [-0.3, -0.25) is 0 Å². The van der Waals surface area contributed by atoms with Crippen LogP contribution < -0.4 is 0 Å². The van der Waals surface area contributed by atoms with Crippen molar-refractivity contribution in [1.82, 2.24) is 4.98 Å². The first-order valence-corrected chi connectivity index (χ1v) is 6.13. The number of rotatable bonds is 2. The molecular formula is C16H11F2NO. The molecule has 0 atom stereocenters. The third-order valence-electron chi connectivity index (χ3n) is 2.96. The Morgan fingerprint density at radius 3 is 1.85 bits per heavy atom. The van der Waals surface area contributed by atoms with Gasteiger partial charge in [0.1, 0.15) is 17.3 Å². The summed E-state index contributed by atoms with van der Waals surface area (Å²) >= 11 is 0. The molecule has 1 heterocycles. The Hall–Kier alpha value is -2.49. The first-order chi connectivity index (χ1) is 9.63. The van der Waals surface area contributed by atoms with E-state index in [0.717, 1.165) is 11.1 Å². The first-order valence-electron chi connectivity index (χ1n) is 6.13. The molecule has 0 aliphatic heterocycles. The van der Waals surface area contributed by atoms with E-state index in [4.69, 9.17) is 4.42 Å². The number of oxazole rings is 1. The lowest BCUT2D eigenvalue weighted by molar-refractivity contribution is 0.534. The summed E-state index contributed by atoms with van der Waals surface area (Å²) in [6, 6.07) is 12.0. The first kappa shape index (κ1) is 12.5. The molecule has 0 unspecified atom stereocenters. The van der Waals surface area contributed by atoms with Gasteiger partial charge in [0, 0.05) is 18.1 Å². The second kappa shape index (κ2) is 4.89. The Morgan fingerprint density at radius 2 is 1.30 bits per heavy atom. The number of hydrogen-bond acceptors (Lipinski definition) is 2. The minimum Gasteiger partial charge on any atom is -0.440 e. The fourth-order valence-corrected chi connectivity index (χ4v) is 2.03. The number of aryl methyl sites for hydroxylation is 1. The molecule has 0 aliphatic rings. The van der Waals surface area contributed by atoms with Crippen molar-refractivity contribution in [3.05, 3.63) is 66.1 Å². The summed E-state index contributed by atoms with van der Waals surface area (Å²) in [7, 11) is 0. The Bertz CT molecular complexity index is 667. The predicted molar refractivity (Wildman–Crippen MR) is 72.0 cm³/mol. The molecule has 0 radical (unpaired) electrons. The van der Waals surface area contributed by atoms with Gasteiger partial charge in [-0.05, 0) is 48.5 Å². The molecule has 0 fully saturated rings. The fourth-order valence-electron chi connectivity index (χ4n) is 2.03. The van der Waals surface area contributed by atoms with E-state index in [0.29, 0.717) is 17.3 Å². The minimum absolute atomic E-state index is 0.308. The van der Waals surface area contributed by atoms with Crippen molar-refractivity contribution in [1.29, 1.82) is 0 Å². The molecule has 3 aromatic rings. The Morgan fingerprint density at radius 1 is 0.800 bits per heavy atom. The van der Waals surface area contributed by atoms with Crippen LogP contribution in [0.4, 0.5) is 8.78 Å². The van der Waals surface area contributed by atoms with E-state index in [1.54, 1.807) is 31.2 Å². The van der Waals surface area contributed by atoms with Gasteiger partial charge >= 0.3 is 0 Å². The predicted octanol–water partition coefficient (Wildman–Crippen LogP) is 4.60. The summed E-state index contributed by atoms with van der Waals surface area (Å²) in [5.74, 6) is 0.434. The minimum atomic E-state index is -0.312. The van der Waals surface area contributed by atoms with Gasteiger partial charge in [-0.2, -0.15) is 0 Å². The van der Waals surface area contributed by atoms with E-state index in [2.05, 4.69) is 4.98 Å². The average molecular weight is 271 g/mol. The van der Waals surface area contributed by atoms with Crippen LogP contribution in [0.25, 0.3) is 22.6 Å². The molecule has 4 heteroatoms. The lowest BCUT2D eigenvalue weighted by Gasteiger charge is -2.01. The lowest BCUT2D eigenvalue weighted by Crippen LogP contribution is -1.84. The van der Waals surface area contributed by atoms with Crippen LogP contribution >= 0.6 is 0 Å². The normalized spacial score (nSPS) is 10.8. The van der Waals surface area contributed by atoms with Crippen LogP contribution in [0.2, 0.25) is 0 Å². The van der Waals surface area contributed by atoms with Gasteiger partial charge in [0.05, 0.1) is 0 Å². The van der Waals surface area contributed by atoms with Gasteiger partial charge in [0.25, 0.3) is 0 Å². The molecule has 0 bridgehead atoms. The van der Waals surface area contributed by atoms with Crippen LogP contribution in [-0.4, -0.2) is 4.98 Å². The highest BCUT2D eigenvalue weighted by Crippen LogP contribution is 2.32. The number of halogens is 2. The molecule has 0 spiro atoms. The zero-order valence-corrected chi connectivity index (χ0v) is 10.7. The molecule has 3 rings (SSSR count). The second-order valence-electron chi connectivity index (χ2n) is 4.42. The largest absolute Gasteiger partial charge is 0.440 e. The molecule has 1 aromatic heterocycles. The molecule has 0 amide bonds. The SMILES string of the molecule is Cc1nc(-c2ccc(F)cc2)c(-c2ccc(F)cc2)o1. The fraction of sp³-hybridized carbons (Fsp3) is 0.0625. The lowest BCUT2D eigenvalue weighted by atomic mass is 10.1. The highest BCUT2D eigenvalue weighted by molar-refractivity contribution is 5.76. The van der Waals surface area contributed by atoms with Crippen molar-refractivity contribution in [3.8, 4) is 22.6 Å². The van der Waals surface area contributed by atoms with Crippen molar-refractivity contribution in [2.24, 2.45) is 0 Å². The summed E-state index contributed by atoms with van der Waals surface area (Å²) < 4.78 is 31.6. The Labute approximate surface area is 114 Å². The third kappa shape index (κ3) is 2.32. The molecule has 100 valence electrons. The number of nitrogens with zero attached hydrogens (tertiary/aromatic N) is 1. The Balaban J connectivity index is 2.12. The Kier molecular flexibility index (Phi) is 3.06. The summed E-state index contributed by atoms with van der Waals surface area (Å²) in [5.41, 5.74) is 2.10. The zero-order valence-electron chi connectivity index (χ0n) is 10.7. The monoisotopic (exact) mass is 271 g/mol. The average Bonchev–Trinajstić information content (AvgIpc) is 2.82. The molecule has 2 aromatic carbocycles. The summed E-state index contributed by atoms with van der Waals surface area (Å²) in [6.07, 6.45) is 0. The molecule has 0 aliphatic carbocycles. The van der Waals surface area contributed by atoms with E-state index in [-0.39, 0.29) is 11.6 Å². The van der Waals surface area contributed by atoms with Crippen molar-refractivity contribution in [3.63, 3.8) is 0 Å². The molecule has 0 saturated heterocycles. The summed E-state index contributed by atoms with van der Waals surface area (Å²) in [5, 5.41) is 0.